The summed E-state index contributed by atoms with van der Waals surface area (Å²) in [5.41, 5.74) is 0.983. The molecule has 0 amide bonds. The first-order valence-electron chi connectivity index (χ1n) is 4.05. The normalized spacial score (nSPS) is 10.6. The molecule has 6 heteroatoms. The van der Waals surface area contributed by atoms with Crippen molar-refractivity contribution in [3.8, 4) is 0 Å². The fourth-order valence-corrected chi connectivity index (χ4v) is 1.85. The molecule has 0 aliphatic carbocycles. The van der Waals surface area contributed by atoms with Gasteiger partial charge in [0.05, 0.1) is 0 Å². The predicted molar refractivity (Wildman–Crippen MR) is 51.0 cm³/mol. The topological polar surface area (TPSA) is 57.2 Å². The molecule has 0 radical (unpaired) electrons. The standard InChI is InChI=1S/C10H10O3S.2Li/c1-9-3-5-10(6-4-9)14(12,13)8-2-7-11;;/h2-6H,7H2,1H3;;/q-2;2*+1. The molecule has 0 N–H and O–H groups in total. The van der Waals surface area contributed by atoms with Crippen LogP contribution in [0.25, 0.3) is 0 Å². The molecule has 1 aromatic carbocycles. The van der Waals surface area contributed by atoms with Crippen LogP contribution < -0.4 is 42.8 Å². The molecular weight excluding hydrogens is 214 g/mol. The summed E-state index contributed by atoms with van der Waals surface area (Å²) >= 11 is 0. The quantitative estimate of drug-likeness (QED) is 0.380. The Morgan fingerprint density at radius 2 is 1.75 bits per heavy atom. The van der Waals surface area contributed by atoms with Gasteiger partial charge >= 0.3 is 37.7 Å². The molecule has 0 fully saturated rings. The predicted octanol–water partition coefficient (Wildman–Crippen LogP) is -5.55. The molecule has 0 aliphatic heterocycles. The monoisotopic (exact) mass is 224 g/mol. The maximum atomic E-state index is 11.4. The van der Waals surface area contributed by atoms with Crippen molar-refractivity contribution in [1.29, 1.82) is 0 Å². The Kier molecular flexibility index (Phi) is 9.44. The summed E-state index contributed by atoms with van der Waals surface area (Å²) < 4.78 is 22.8. The van der Waals surface area contributed by atoms with Gasteiger partial charge in [0, 0.05) is 14.7 Å². The SMILES string of the molecule is Cc1ccc(S(=O)(=O)[C-]=CC[O-])cc1.[Li+].[Li+]. The Morgan fingerprint density at radius 1 is 1.25 bits per heavy atom. The van der Waals surface area contributed by atoms with Gasteiger partial charge in [-0.1, -0.05) is 17.7 Å². The zero-order chi connectivity index (χ0) is 10.6. The van der Waals surface area contributed by atoms with Crippen molar-refractivity contribution >= 4 is 9.84 Å². The third-order valence-corrected chi connectivity index (χ3v) is 3.02. The van der Waals surface area contributed by atoms with Crippen LogP contribution in [0.4, 0.5) is 0 Å². The maximum Gasteiger partial charge on any atom is 1.00 e. The van der Waals surface area contributed by atoms with E-state index >= 15 is 0 Å². The second kappa shape index (κ2) is 8.20. The molecule has 0 heterocycles. The van der Waals surface area contributed by atoms with Crippen molar-refractivity contribution in [3.05, 3.63) is 41.3 Å². The number of rotatable bonds is 3. The van der Waals surface area contributed by atoms with Crippen LogP contribution >= 0.6 is 0 Å². The first-order valence-corrected chi connectivity index (χ1v) is 5.53. The number of sulfone groups is 1. The van der Waals surface area contributed by atoms with Gasteiger partial charge in [-0.25, -0.2) is 0 Å². The summed E-state index contributed by atoms with van der Waals surface area (Å²) in [5, 5.41) is 12.2. The fourth-order valence-electron chi connectivity index (χ4n) is 0.929. The average molecular weight is 224 g/mol. The van der Waals surface area contributed by atoms with E-state index < -0.39 is 16.4 Å². The van der Waals surface area contributed by atoms with Gasteiger partial charge in [0.25, 0.3) is 0 Å². The van der Waals surface area contributed by atoms with E-state index in [1.54, 1.807) is 12.1 Å². The summed E-state index contributed by atoms with van der Waals surface area (Å²) in [6, 6.07) is 6.39. The molecule has 0 aromatic heterocycles. The minimum Gasteiger partial charge on any atom is -0.853 e. The van der Waals surface area contributed by atoms with Gasteiger partial charge in [-0.3, -0.25) is 14.5 Å². The number of aryl methyl sites for hydroxylation is 1. The van der Waals surface area contributed by atoms with Crippen LogP contribution in [0.15, 0.2) is 35.2 Å². The average Bonchev–Trinajstić information content (AvgIpc) is 2.16. The van der Waals surface area contributed by atoms with E-state index in [4.69, 9.17) is 0 Å². The van der Waals surface area contributed by atoms with E-state index in [1.807, 2.05) is 6.92 Å². The molecule has 0 bridgehead atoms. The van der Waals surface area contributed by atoms with Crippen molar-refractivity contribution in [2.75, 3.05) is 6.61 Å². The Balaban J connectivity index is 0. The number of hydrogen-bond acceptors (Lipinski definition) is 3. The van der Waals surface area contributed by atoms with Gasteiger partial charge in [-0.2, -0.15) is 6.61 Å². The second-order valence-corrected chi connectivity index (χ2v) is 4.52. The van der Waals surface area contributed by atoms with Gasteiger partial charge in [-0.15, -0.1) is 0 Å². The Morgan fingerprint density at radius 3 is 2.19 bits per heavy atom. The summed E-state index contributed by atoms with van der Waals surface area (Å²) in [4.78, 5) is 0.160. The molecule has 3 nitrogen and oxygen atoms in total. The Hall–Kier alpha value is 0.0648. The minimum absolute atomic E-state index is 0. The second-order valence-electron chi connectivity index (χ2n) is 2.81. The summed E-state index contributed by atoms with van der Waals surface area (Å²) in [6.45, 7) is 1.29. The first kappa shape index (κ1) is 18.4. The van der Waals surface area contributed by atoms with Crippen LogP contribution in [-0.4, -0.2) is 15.0 Å². The Labute approximate surface area is 120 Å². The summed E-state index contributed by atoms with van der Waals surface area (Å²) in [6.07, 6.45) is 0.967. The van der Waals surface area contributed by atoms with E-state index in [0.29, 0.717) is 0 Å². The van der Waals surface area contributed by atoms with E-state index in [1.165, 1.54) is 12.1 Å². The molecule has 0 atom stereocenters. The zero-order valence-electron chi connectivity index (χ0n) is 9.73. The fraction of sp³-hybridized carbons (Fsp3) is 0.200. The van der Waals surface area contributed by atoms with Crippen molar-refractivity contribution in [1.82, 2.24) is 0 Å². The molecule has 0 aliphatic rings. The number of benzene rings is 1. The van der Waals surface area contributed by atoms with Crippen LogP contribution in [0.1, 0.15) is 5.56 Å². The third kappa shape index (κ3) is 5.41. The van der Waals surface area contributed by atoms with Crippen LogP contribution in [-0.2, 0) is 9.84 Å². The molecule has 0 saturated heterocycles. The summed E-state index contributed by atoms with van der Waals surface area (Å²) in [7, 11) is -3.54. The first-order chi connectivity index (χ1) is 6.56. The van der Waals surface area contributed by atoms with E-state index in [9.17, 15) is 13.5 Å². The van der Waals surface area contributed by atoms with Crippen LogP contribution in [0.2, 0.25) is 0 Å². The van der Waals surface area contributed by atoms with Gasteiger partial charge in [-0.05, 0) is 19.1 Å². The maximum absolute atomic E-state index is 11.4. The van der Waals surface area contributed by atoms with Crippen LogP contribution in [0.5, 0.6) is 0 Å². The molecule has 1 rings (SSSR count). The molecule has 0 unspecified atom stereocenters. The number of hydrogen-bond donors (Lipinski definition) is 0. The van der Waals surface area contributed by atoms with E-state index in [-0.39, 0.29) is 42.6 Å². The van der Waals surface area contributed by atoms with Crippen molar-refractivity contribution in [3.63, 3.8) is 0 Å². The molecule has 0 saturated carbocycles. The molecule has 1 aromatic rings. The largest absolute Gasteiger partial charge is 1.00 e. The zero-order valence-corrected chi connectivity index (χ0v) is 10.5. The van der Waals surface area contributed by atoms with Gasteiger partial charge < -0.3 is 10.5 Å². The molecule has 0 spiro atoms. The van der Waals surface area contributed by atoms with Crippen molar-refractivity contribution in [2.45, 2.75) is 11.8 Å². The Bertz CT molecular complexity index is 424. The molecular formula is C10H10Li2O3S. The smallest absolute Gasteiger partial charge is 0.853 e. The third-order valence-electron chi connectivity index (χ3n) is 1.65. The van der Waals surface area contributed by atoms with E-state index in [0.717, 1.165) is 11.6 Å². The van der Waals surface area contributed by atoms with Crippen LogP contribution in [0.3, 0.4) is 0 Å². The van der Waals surface area contributed by atoms with Gasteiger partial charge in [0.1, 0.15) is 0 Å². The molecule has 76 valence electrons. The van der Waals surface area contributed by atoms with Gasteiger partial charge in [0.2, 0.25) is 0 Å². The van der Waals surface area contributed by atoms with Crippen molar-refractivity contribution < 1.29 is 51.2 Å². The van der Waals surface area contributed by atoms with E-state index in [2.05, 4.69) is 5.41 Å². The van der Waals surface area contributed by atoms with Crippen molar-refractivity contribution in [2.24, 2.45) is 0 Å². The minimum atomic E-state index is -3.54. The molecule has 16 heavy (non-hydrogen) atoms. The summed E-state index contributed by atoms with van der Waals surface area (Å²) in [5.74, 6) is 0. The van der Waals surface area contributed by atoms with Gasteiger partial charge in [0.15, 0.2) is 0 Å². The van der Waals surface area contributed by atoms with Crippen LogP contribution in [0, 0.1) is 12.3 Å².